The van der Waals surface area contributed by atoms with Crippen molar-refractivity contribution in [3.05, 3.63) is 60.4 Å². The van der Waals surface area contributed by atoms with Gasteiger partial charge >= 0.3 is 0 Å². The van der Waals surface area contributed by atoms with E-state index in [2.05, 4.69) is 22.3 Å². The number of amides is 2. The molecule has 2 amide bonds. The van der Waals surface area contributed by atoms with Crippen molar-refractivity contribution >= 4 is 29.3 Å². The van der Waals surface area contributed by atoms with Crippen molar-refractivity contribution in [1.29, 1.82) is 0 Å². The number of nitrogens with zero attached hydrogens (tertiary/aromatic N) is 2. The fraction of sp³-hybridized carbons (Fsp3) is 0.364. The molecular formula is C22H26FN3O2S. The molecule has 1 heterocycles. The quantitative estimate of drug-likeness (QED) is 0.673. The van der Waals surface area contributed by atoms with Gasteiger partial charge in [-0.05, 0) is 36.4 Å². The number of rotatable bonds is 8. The second-order valence-corrected chi connectivity index (χ2v) is 8.02. The minimum atomic E-state index is -0.266. The van der Waals surface area contributed by atoms with Crippen LogP contribution in [0.5, 0.6) is 0 Å². The molecular weight excluding hydrogens is 389 g/mol. The Kier molecular flexibility index (Phi) is 7.93. The third-order valence-corrected chi connectivity index (χ3v) is 5.84. The zero-order valence-electron chi connectivity index (χ0n) is 16.4. The summed E-state index contributed by atoms with van der Waals surface area (Å²) in [4.78, 5) is 29.4. The van der Waals surface area contributed by atoms with Gasteiger partial charge < -0.3 is 15.1 Å². The maximum absolute atomic E-state index is 12.9. The van der Waals surface area contributed by atoms with Gasteiger partial charge in [0.2, 0.25) is 11.8 Å². The first kappa shape index (κ1) is 21.2. The van der Waals surface area contributed by atoms with Crippen LogP contribution in [0, 0.1) is 5.82 Å². The zero-order valence-corrected chi connectivity index (χ0v) is 17.2. The minimum Gasteiger partial charge on any atom is -0.368 e. The third-order valence-electron chi connectivity index (χ3n) is 4.83. The molecule has 1 aliphatic rings. The van der Waals surface area contributed by atoms with Gasteiger partial charge in [0.05, 0.1) is 0 Å². The number of para-hydroxylation sites is 1. The fourth-order valence-corrected chi connectivity index (χ4v) is 4.05. The van der Waals surface area contributed by atoms with Crippen LogP contribution in [0.25, 0.3) is 0 Å². The second-order valence-electron chi connectivity index (χ2n) is 6.86. The molecule has 1 saturated heterocycles. The fourth-order valence-electron chi connectivity index (χ4n) is 3.20. The zero-order chi connectivity index (χ0) is 20.5. The van der Waals surface area contributed by atoms with Crippen LogP contribution in [0.15, 0.2) is 59.5 Å². The molecule has 0 saturated carbocycles. The number of nitrogens with one attached hydrogen (secondary N) is 1. The molecule has 2 aromatic rings. The summed E-state index contributed by atoms with van der Waals surface area (Å²) in [7, 11) is 0. The molecule has 3 rings (SSSR count). The molecule has 1 aliphatic heterocycles. The Bertz CT molecular complexity index is 793. The highest BCUT2D eigenvalue weighted by Crippen LogP contribution is 2.19. The maximum Gasteiger partial charge on any atom is 0.224 e. The Morgan fingerprint density at radius 1 is 0.931 bits per heavy atom. The highest BCUT2D eigenvalue weighted by molar-refractivity contribution is 7.99. The van der Waals surface area contributed by atoms with Crippen LogP contribution in [0.2, 0.25) is 0 Å². The molecule has 1 fully saturated rings. The van der Waals surface area contributed by atoms with Crippen molar-refractivity contribution in [1.82, 2.24) is 10.2 Å². The number of thioether (sulfide) groups is 1. The van der Waals surface area contributed by atoms with Crippen molar-refractivity contribution in [3.8, 4) is 0 Å². The van der Waals surface area contributed by atoms with Crippen LogP contribution >= 0.6 is 11.8 Å². The summed E-state index contributed by atoms with van der Waals surface area (Å²) >= 11 is 1.51. The topological polar surface area (TPSA) is 52.7 Å². The number of piperazine rings is 1. The first-order valence-corrected chi connectivity index (χ1v) is 10.8. The van der Waals surface area contributed by atoms with E-state index < -0.39 is 0 Å². The summed E-state index contributed by atoms with van der Waals surface area (Å²) in [5.41, 5.74) is 1.19. The van der Waals surface area contributed by atoms with Gasteiger partial charge in [-0.3, -0.25) is 9.59 Å². The van der Waals surface area contributed by atoms with Crippen LogP contribution in [0.4, 0.5) is 10.1 Å². The van der Waals surface area contributed by atoms with E-state index >= 15 is 0 Å². The third kappa shape index (κ3) is 6.78. The van der Waals surface area contributed by atoms with E-state index in [0.717, 1.165) is 18.0 Å². The summed E-state index contributed by atoms with van der Waals surface area (Å²) in [5.74, 6) is 0.366. The van der Waals surface area contributed by atoms with Crippen LogP contribution in [0.3, 0.4) is 0 Å². The van der Waals surface area contributed by atoms with Crippen molar-refractivity contribution in [2.75, 3.05) is 43.4 Å². The number of hydrogen-bond donors (Lipinski definition) is 1. The van der Waals surface area contributed by atoms with Gasteiger partial charge in [0.25, 0.3) is 0 Å². The van der Waals surface area contributed by atoms with E-state index in [9.17, 15) is 14.0 Å². The van der Waals surface area contributed by atoms with Gasteiger partial charge in [-0.15, -0.1) is 11.8 Å². The molecule has 5 nitrogen and oxygen atoms in total. The Morgan fingerprint density at radius 3 is 2.31 bits per heavy atom. The number of carbonyl (C=O) groups is 2. The minimum absolute atomic E-state index is 0.0682. The van der Waals surface area contributed by atoms with Gasteiger partial charge in [0.1, 0.15) is 5.82 Å². The second kappa shape index (κ2) is 10.9. The SMILES string of the molecule is O=C(CCSc1ccc(F)cc1)NCCC(=O)N1CCN(c2ccccc2)CC1. The normalized spacial score (nSPS) is 14.0. The Hall–Kier alpha value is -2.54. The summed E-state index contributed by atoms with van der Waals surface area (Å²) in [6.45, 7) is 3.41. The summed E-state index contributed by atoms with van der Waals surface area (Å²) in [6, 6.07) is 16.4. The predicted octanol–water partition coefficient (Wildman–Crippen LogP) is 3.16. The van der Waals surface area contributed by atoms with Crippen molar-refractivity contribution in [3.63, 3.8) is 0 Å². The number of benzene rings is 2. The highest BCUT2D eigenvalue weighted by Gasteiger charge is 2.20. The van der Waals surface area contributed by atoms with E-state index in [1.807, 2.05) is 23.1 Å². The molecule has 0 unspecified atom stereocenters. The van der Waals surface area contributed by atoms with Crippen LogP contribution < -0.4 is 10.2 Å². The first-order chi connectivity index (χ1) is 14.1. The van der Waals surface area contributed by atoms with E-state index in [1.54, 1.807) is 12.1 Å². The van der Waals surface area contributed by atoms with Crippen LogP contribution in [-0.2, 0) is 9.59 Å². The number of halogens is 1. The monoisotopic (exact) mass is 415 g/mol. The molecule has 0 atom stereocenters. The molecule has 2 aromatic carbocycles. The molecule has 0 bridgehead atoms. The Morgan fingerprint density at radius 2 is 1.62 bits per heavy atom. The smallest absolute Gasteiger partial charge is 0.224 e. The molecule has 29 heavy (non-hydrogen) atoms. The van der Waals surface area contributed by atoms with E-state index in [0.29, 0.717) is 38.2 Å². The van der Waals surface area contributed by atoms with Gasteiger partial charge in [0, 0.05) is 61.9 Å². The van der Waals surface area contributed by atoms with Gasteiger partial charge in [0.15, 0.2) is 0 Å². The summed E-state index contributed by atoms with van der Waals surface area (Å²) < 4.78 is 12.9. The maximum atomic E-state index is 12.9. The Balaban J connectivity index is 1.28. The molecule has 154 valence electrons. The lowest BCUT2D eigenvalue weighted by Crippen LogP contribution is -2.49. The van der Waals surface area contributed by atoms with Crippen molar-refractivity contribution < 1.29 is 14.0 Å². The average molecular weight is 416 g/mol. The van der Waals surface area contributed by atoms with Crippen LogP contribution in [-0.4, -0.2) is 55.2 Å². The first-order valence-electron chi connectivity index (χ1n) is 9.84. The molecule has 1 N–H and O–H groups in total. The molecule has 0 aromatic heterocycles. The predicted molar refractivity (Wildman–Crippen MR) is 115 cm³/mol. The van der Waals surface area contributed by atoms with Gasteiger partial charge in [-0.1, -0.05) is 18.2 Å². The largest absolute Gasteiger partial charge is 0.368 e. The van der Waals surface area contributed by atoms with Gasteiger partial charge in [-0.2, -0.15) is 0 Å². The molecule has 0 spiro atoms. The summed E-state index contributed by atoms with van der Waals surface area (Å²) in [5, 5.41) is 2.81. The molecule has 0 aliphatic carbocycles. The number of anilines is 1. The molecule has 7 heteroatoms. The average Bonchev–Trinajstić information content (AvgIpc) is 2.76. The lowest BCUT2D eigenvalue weighted by atomic mass is 10.2. The van der Waals surface area contributed by atoms with Crippen molar-refractivity contribution in [2.24, 2.45) is 0 Å². The lowest BCUT2D eigenvalue weighted by Gasteiger charge is -2.36. The van der Waals surface area contributed by atoms with E-state index in [-0.39, 0.29) is 17.6 Å². The summed E-state index contributed by atoms with van der Waals surface area (Å²) in [6.07, 6.45) is 0.689. The van der Waals surface area contributed by atoms with E-state index in [1.165, 1.54) is 29.6 Å². The van der Waals surface area contributed by atoms with Crippen LogP contribution in [0.1, 0.15) is 12.8 Å². The highest BCUT2D eigenvalue weighted by atomic mass is 32.2. The molecule has 0 radical (unpaired) electrons. The van der Waals surface area contributed by atoms with Crippen molar-refractivity contribution in [2.45, 2.75) is 17.7 Å². The van der Waals surface area contributed by atoms with Gasteiger partial charge in [-0.25, -0.2) is 4.39 Å². The Labute approximate surface area is 175 Å². The standard InChI is InChI=1S/C22H26FN3O2S/c23-18-6-8-20(9-7-18)29-17-11-21(27)24-12-10-22(28)26-15-13-25(14-16-26)19-4-2-1-3-5-19/h1-9H,10-17H2,(H,24,27). The lowest BCUT2D eigenvalue weighted by molar-refractivity contribution is -0.131. The number of hydrogen-bond acceptors (Lipinski definition) is 4. The van der Waals surface area contributed by atoms with E-state index in [4.69, 9.17) is 0 Å². The number of carbonyl (C=O) groups excluding carboxylic acids is 2.